The fourth-order valence-corrected chi connectivity index (χ4v) is 1.40. The van der Waals surface area contributed by atoms with E-state index in [9.17, 15) is 0 Å². The van der Waals surface area contributed by atoms with Crippen molar-refractivity contribution in [3.8, 4) is 0 Å². The monoisotopic (exact) mass is 188 g/mol. The van der Waals surface area contributed by atoms with E-state index in [0.717, 1.165) is 12.8 Å². The van der Waals surface area contributed by atoms with Crippen LogP contribution in [0.2, 0.25) is 0 Å². The van der Waals surface area contributed by atoms with Crippen LogP contribution in [0.3, 0.4) is 0 Å². The summed E-state index contributed by atoms with van der Waals surface area (Å²) in [6.45, 7) is 0. The molecule has 0 unspecified atom stereocenters. The van der Waals surface area contributed by atoms with Crippen molar-refractivity contribution in [2.45, 2.75) is 38.5 Å². The minimum Gasteiger partial charge on any atom is -0.0882 e. The summed E-state index contributed by atoms with van der Waals surface area (Å²) in [6, 6.07) is 0. The molecule has 0 aromatic rings. The summed E-state index contributed by atoms with van der Waals surface area (Å²) in [4.78, 5) is 0. The van der Waals surface area contributed by atoms with Gasteiger partial charge < -0.3 is 0 Å². The quantitative estimate of drug-likeness (QED) is 0.489. The first-order chi connectivity index (χ1) is 7.00. The molecule has 1 aliphatic rings. The van der Waals surface area contributed by atoms with E-state index in [2.05, 4.69) is 48.6 Å². The maximum atomic E-state index is 2.29. The molecule has 0 bridgehead atoms. The molecule has 0 atom stereocenters. The molecule has 0 nitrogen and oxygen atoms in total. The van der Waals surface area contributed by atoms with Gasteiger partial charge in [-0.2, -0.15) is 0 Å². The zero-order valence-corrected chi connectivity index (χ0v) is 8.86. The van der Waals surface area contributed by atoms with Gasteiger partial charge in [-0.05, 0) is 38.5 Å². The molecule has 0 saturated carbocycles. The summed E-state index contributed by atoms with van der Waals surface area (Å²) < 4.78 is 0. The fraction of sp³-hybridized carbons (Fsp3) is 0.429. The van der Waals surface area contributed by atoms with Gasteiger partial charge in [0.1, 0.15) is 0 Å². The zero-order chi connectivity index (χ0) is 9.90. The number of hydrogen-bond donors (Lipinski definition) is 0. The Bertz CT molecular complexity index is 202. The van der Waals surface area contributed by atoms with Gasteiger partial charge >= 0.3 is 0 Å². The van der Waals surface area contributed by atoms with Crippen LogP contribution in [0.25, 0.3) is 0 Å². The molecular weight excluding hydrogens is 168 g/mol. The lowest BCUT2D eigenvalue weighted by molar-refractivity contribution is 0.983. The van der Waals surface area contributed by atoms with E-state index in [1.807, 2.05) is 0 Å². The average molecular weight is 188 g/mol. The average Bonchev–Trinajstić information content (AvgIpc) is 2.22. The summed E-state index contributed by atoms with van der Waals surface area (Å²) in [5, 5.41) is 0. The Kier molecular flexibility index (Phi) is 6.74. The van der Waals surface area contributed by atoms with E-state index in [0.29, 0.717) is 0 Å². The summed E-state index contributed by atoms with van der Waals surface area (Å²) in [5.74, 6) is 0. The highest BCUT2D eigenvalue weighted by molar-refractivity contribution is 5.04. The maximum absolute atomic E-state index is 2.29. The number of allylic oxidation sites excluding steroid dienone is 8. The molecular formula is C14H20. The van der Waals surface area contributed by atoms with Crippen molar-refractivity contribution in [1.29, 1.82) is 0 Å². The van der Waals surface area contributed by atoms with Crippen LogP contribution in [0.15, 0.2) is 48.6 Å². The topological polar surface area (TPSA) is 0 Å². The molecule has 0 radical (unpaired) electrons. The molecule has 0 spiro atoms. The van der Waals surface area contributed by atoms with E-state index in [-0.39, 0.29) is 0 Å². The highest BCUT2D eigenvalue weighted by Gasteiger charge is 1.80. The van der Waals surface area contributed by atoms with Gasteiger partial charge in [-0.3, -0.25) is 0 Å². The molecule has 0 fully saturated rings. The number of hydrogen-bond acceptors (Lipinski definition) is 0. The molecule has 14 heavy (non-hydrogen) atoms. The van der Waals surface area contributed by atoms with Crippen molar-refractivity contribution in [3.63, 3.8) is 0 Å². The van der Waals surface area contributed by atoms with Gasteiger partial charge in [0, 0.05) is 0 Å². The van der Waals surface area contributed by atoms with Crippen molar-refractivity contribution in [2.24, 2.45) is 0 Å². The maximum Gasteiger partial charge on any atom is -0.0313 e. The predicted octanol–water partition coefficient (Wildman–Crippen LogP) is 4.57. The summed E-state index contributed by atoms with van der Waals surface area (Å²) in [5.41, 5.74) is 0. The third-order valence-corrected chi connectivity index (χ3v) is 2.22. The molecule has 0 aromatic carbocycles. The second-order valence-electron chi connectivity index (χ2n) is 3.53. The molecule has 0 aliphatic heterocycles. The first-order valence-electron chi connectivity index (χ1n) is 5.62. The van der Waals surface area contributed by atoms with Crippen molar-refractivity contribution in [2.75, 3.05) is 0 Å². The Balaban J connectivity index is 2.34. The van der Waals surface area contributed by atoms with Crippen molar-refractivity contribution in [3.05, 3.63) is 48.6 Å². The van der Waals surface area contributed by atoms with E-state index < -0.39 is 0 Å². The van der Waals surface area contributed by atoms with Crippen LogP contribution in [0.5, 0.6) is 0 Å². The van der Waals surface area contributed by atoms with Crippen LogP contribution in [0.1, 0.15) is 38.5 Å². The molecule has 0 heterocycles. The smallest absolute Gasteiger partial charge is 0.0313 e. The molecule has 1 rings (SSSR count). The van der Waals surface area contributed by atoms with Gasteiger partial charge in [0.2, 0.25) is 0 Å². The first-order valence-corrected chi connectivity index (χ1v) is 5.62. The van der Waals surface area contributed by atoms with Crippen molar-refractivity contribution in [1.82, 2.24) is 0 Å². The predicted molar refractivity (Wildman–Crippen MR) is 64.3 cm³/mol. The van der Waals surface area contributed by atoms with Gasteiger partial charge in [-0.15, -0.1) is 0 Å². The van der Waals surface area contributed by atoms with Crippen molar-refractivity contribution < 1.29 is 0 Å². The second kappa shape index (κ2) is 8.55. The highest BCUT2D eigenvalue weighted by Crippen LogP contribution is 2.01. The lowest BCUT2D eigenvalue weighted by atomic mass is 10.2. The van der Waals surface area contributed by atoms with Gasteiger partial charge in [0.05, 0.1) is 0 Å². The van der Waals surface area contributed by atoms with Crippen LogP contribution in [-0.2, 0) is 0 Å². The SMILES string of the molecule is C1=CCC/C=C/CC/C=C\CC/C=C\1. The van der Waals surface area contributed by atoms with Crippen LogP contribution in [0.4, 0.5) is 0 Å². The third-order valence-electron chi connectivity index (χ3n) is 2.22. The largest absolute Gasteiger partial charge is 0.0882 e. The Morgan fingerprint density at radius 1 is 0.357 bits per heavy atom. The molecule has 76 valence electrons. The molecule has 1 aliphatic carbocycles. The molecule has 0 aromatic heterocycles. The van der Waals surface area contributed by atoms with E-state index in [4.69, 9.17) is 0 Å². The van der Waals surface area contributed by atoms with Gasteiger partial charge in [0.25, 0.3) is 0 Å². The standard InChI is InChI=1S/C14H20/c1-2-4-6-8-10-12-14-13-11-9-7-5-3-1/h1-4,9-12H,5-8,13-14H2/b3-1-,4-2?,11-9-,12-10+. The molecule has 0 N–H and O–H groups in total. The van der Waals surface area contributed by atoms with E-state index >= 15 is 0 Å². The highest BCUT2D eigenvalue weighted by atomic mass is 13.9. The molecule has 0 amide bonds. The van der Waals surface area contributed by atoms with E-state index in [1.54, 1.807) is 0 Å². The Labute approximate surface area is 87.7 Å². The minimum absolute atomic E-state index is 1.16. The summed E-state index contributed by atoms with van der Waals surface area (Å²) >= 11 is 0. The van der Waals surface area contributed by atoms with Gasteiger partial charge in [0.15, 0.2) is 0 Å². The lowest BCUT2D eigenvalue weighted by Gasteiger charge is -1.90. The van der Waals surface area contributed by atoms with Crippen LogP contribution in [-0.4, -0.2) is 0 Å². The number of rotatable bonds is 0. The Morgan fingerprint density at radius 3 is 1.00 bits per heavy atom. The van der Waals surface area contributed by atoms with Gasteiger partial charge in [-0.1, -0.05) is 48.6 Å². The van der Waals surface area contributed by atoms with Crippen LogP contribution >= 0.6 is 0 Å². The summed E-state index contributed by atoms with van der Waals surface area (Å²) in [7, 11) is 0. The minimum atomic E-state index is 1.16. The first kappa shape index (κ1) is 11.0. The normalized spacial score (nSPS) is 26.3. The van der Waals surface area contributed by atoms with Gasteiger partial charge in [-0.25, -0.2) is 0 Å². The molecule has 0 saturated heterocycles. The lowest BCUT2D eigenvalue weighted by Crippen LogP contribution is -1.70. The summed E-state index contributed by atoms with van der Waals surface area (Å²) in [6.07, 6.45) is 25.0. The molecule has 0 heteroatoms. The zero-order valence-electron chi connectivity index (χ0n) is 8.86. The Hall–Kier alpha value is -1.04. The fourth-order valence-electron chi connectivity index (χ4n) is 1.40. The Morgan fingerprint density at radius 2 is 0.643 bits per heavy atom. The van der Waals surface area contributed by atoms with E-state index in [1.165, 1.54) is 25.7 Å². The van der Waals surface area contributed by atoms with Crippen LogP contribution in [0, 0.1) is 0 Å². The second-order valence-corrected chi connectivity index (χ2v) is 3.53. The van der Waals surface area contributed by atoms with Crippen LogP contribution < -0.4 is 0 Å². The third kappa shape index (κ3) is 6.47. The van der Waals surface area contributed by atoms with Crippen molar-refractivity contribution >= 4 is 0 Å².